The maximum atomic E-state index is 5.95. The van der Waals surface area contributed by atoms with Crippen LogP contribution in [0.25, 0.3) is 44.6 Å². The molecule has 0 radical (unpaired) electrons. The lowest BCUT2D eigenvalue weighted by atomic mass is 10.0. The Hall–Kier alpha value is -5.34. The fraction of sp³-hybridized carbons (Fsp3) is 0.436. The summed E-state index contributed by atoms with van der Waals surface area (Å²) in [5.41, 5.74) is 5.06. The second-order valence-electron chi connectivity index (χ2n) is 14.8. The average molecular weight is 717 g/mol. The minimum atomic E-state index is 0.0878. The number of aromatic nitrogens is 8. The van der Waals surface area contributed by atoms with Crippen molar-refractivity contribution in [3.63, 3.8) is 0 Å². The Morgan fingerprint density at radius 2 is 1.23 bits per heavy atom. The zero-order valence-electron chi connectivity index (χ0n) is 31.0. The van der Waals surface area contributed by atoms with Crippen LogP contribution in [0, 0.1) is 0 Å². The van der Waals surface area contributed by atoms with Crippen molar-refractivity contribution in [2.24, 2.45) is 0 Å². The molecule has 0 unspecified atom stereocenters. The van der Waals surface area contributed by atoms with Crippen molar-refractivity contribution < 1.29 is 9.47 Å². The van der Waals surface area contributed by atoms with Gasteiger partial charge in [-0.15, -0.1) is 0 Å². The molecule has 8 rings (SSSR count). The quantitative estimate of drug-likeness (QED) is 0.136. The van der Waals surface area contributed by atoms with E-state index in [4.69, 9.17) is 14.5 Å². The number of benzene rings is 2. The maximum absolute atomic E-state index is 5.95. The fourth-order valence-corrected chi connectivity index (χ4v) is 7.54. The zero-order valence-corrected chi connectivity index (χ0v) is 31.0. The van der Waals surface area contributed by atoms with E-state index in [0.29, 0.717) is 18.1 Å². The third-order valence-electron chi connectivity index (χ3n) is 9.83. The van der Waals surface area contributed by atoms with E-state index in [2.05, 4.69) is 74.8 Å². The van der Waals surface area contributed by atoms with Gasteiger partial charge in [0.05, 0.1) is 34.6 Å². The van der Waals surface area contributed by atoms with E-state index in [-0.39, 0.29) is 12.2 Å². The Labute approximate surface area is 309 Å². The molecule has 0 spiro atoms. The summed E-state index contributed by atoms with van der Waals surface area (Å²) >= 11 is 0. The van der Waals surface area contributed by atoms with E-state index >= 15 is 0 Å². The summed E-state index contributed by atoms with van der Waals surface area (Å²) in [6, 6.07) is 17.1. The van der Waals surface area contributed by atoms with Crippen LogP contribution in [0.15, 0.2) is 61.2 Å². The normalized spacial score (nSPS) is 19.5. The van der Waals surface area contributed by atoms with Gasteiger partial charge in [0.1, 0.15) is 47.2 Å². The van der Waals surface area contributed by atoms with E-state index < -0.39 is 0 Å². The van der Waals surface area contributed by atoms with Gasteiger partial charge in [-0.05, 0) is 83.9 Å². The lowest BCUT2D eigenvalue weighted by Crippen LogP contribution is -2.57. The van der Waals surface area contributed by atoms with E-state index in [1.807, 2.05) is 64.1 Å². The second kappa shape index (κ2) is 15.0. The van der Waals surface area contributed by atoms with Crippen LogP contribution in [-0.2, 0) is 0 Å². The minimum absolute atomic E-state index is 0.0878. The number of H-pyrrole nitrogens is 2. The van der Waals surface area contributed by atoms with Gasteiger partial charge in [-0.25, -0.2) is 19.9 Å². The predicted octanol–water partition coefficient (Wildman–Crippen LogP) is 5.35. The van der Waals surface area contributed by atoms with Gasteiger partial charge in [-0.3, -0.25) is 10.2 Å². The number of rotatable bonds is 11. The van der Waals surface area contributed by atoms with E-state index in [0.717, 1.165) is 113 Å². The highest BCUT2D eigenvalue weighted by atomic mass is 16.5. The summed E-state index contributed by atoms with van der Waals surface area (Å²) in [6.07, 6.45) is 5.53. The minimum Gasteiger partial charge on any atom is -0.491 e. The summed E-state index contributed by atoms with van der Waals surface area (Å²) in [5, 5.41) is 25.1. The highest BCUT2D eigenvalue weighted by Crippen LogP contribution is 2.32. The van der Waals surface area contributed by atoms with Crippen molar-refractivity contribution in [2.45, 2.75) is 77.8 Å². The molecule has 0 amide bonds. The molecule has 0 saturated carbocycles. The molecule has 2 fully saturated rings. The first-order valence-electron chi connectivity index (χ1n) is 18.7. The first-order valence-corrected chi connectivity index (χ1v) is 18.7. The summed E-state index contributed by atoms with van der Waals surface area (Å²) in [7, 11) is 0. The van der Waals surface area contributed by atoms with Gasteiger partial charge < -0.3 is 29.9 Å². The van der Waals surface area contributed by atoms with Crippen LogP contribution >= 0.6 is 0 Å². The van der Waals surface area contributed by atoms with Gasteiger partial charge in [0, 0.05) is 73.8 Å². The smallest absolute Gasteiger partial charge is 0.132 e. The molecule has 4 aromatic heterocycles. The SMILES string of the molecule is CC(C)Oc1ccc2[nH]nc(-c3cc(N4CCN[C@@H](CC[C@@H]5CN(c6cc(-c7n[nH]c8ccc(OC(C)C)cc78)ncn6)C[C@H](C)N5)C4)ncn3)c2c1. The maximum Gasteiger partial charge on any atom is 0.132 e. The van der Waals surface area contributed by atoms with Gasteiger partial charge in [-0.1, -0.05) is 0 Å². The highest BCUT2D eigenvalue weighted by Gasteiger charge is 2.28. The van der Waals surface area contributed by atoms with Crippen LogP contribution in [-0.4, -0.2) is 103 Å². The molecule has 276 valence electrons. The molecule has 2 aliphatic rings. The van der Waals surface area contributed by atoms with Crippen LogP contribution in [0.4, 0.5) is 11.6 Å². The molecule has 2 aromatic carbocycles. The largest absolute Gasteiger partial charge is 0.491 e. The molecule has 6 heterocycles. The molecule has 2 aliphatic heterocycles. The van der Waals surface area contributed by atoms with E-state index in [1.165, 1.54) is 0 Å². The molecule has 0 bridgehead atoms. The van der Waals surface area contributed by atoms with Crippen molar-refractivity contribution in [1.29, 1.82) is 0 Å². The number of anilines is 2. The molecular weight excluding hydrogens is 669 g/mol. The van der Waals surface area contributed by atoms with Crippen molar-refractivity contribution in [3.8, 4) is 34.3 Å². The Bertz CT molecular complexity index is 2180. The number of piperazine rings is 2. The number of nitrogens with zero attached hydrogens (tertiary/aromatic N) is 8. The Kier molecular flexibility index (Phi) is 9.80. The summed E-state index contributed by atoms with van der Waals surface area (Å²) in [5.74, 6) is 3.45. The molecule has 2 saturated heterocycles. The fourth-order valence-electron chi connectivity index (χ4n) is 7.54. The molecule has 53 heavy (non-hydrogen) atoms. The standard InChI is InChI=1S/C39H48N12O2/c1-23(2)52-28-8-10-32-30(14-28)38(48-46-32)34-16-36(43-21-41-34)50-13-12-40-26(19-50)6-7-27-20-51(18-25(5)45-27)37-17-35(42-22-44-37)39-31-15-29(53-24(3)4)9-11-33(31)47-49-39/h8-11,14-17,21-27,40,45H,6-7,12-13,18-20H2,1-5H3,(H,46,48)(H,47,49)/t25-,26-,27+/m0/s1. The van der Waals surface area contributed by atoms with Gasteiger partial charge >= 0.3 is 0 Å². The van der Waals surface area contributed by atoms with Crippen molar-refractivity contribution in [2.75, 3.05) is 42.5 Å². The molecule has 4 N–H and O–H groups in total. The third kappa shape index (κ3) is 7.74. The van der Waals surface area contributed by atoms with E-state index in [9.17, 15) is 0 Å². The molecule has 14 nitrogen and oxygen atoms in total. The van der Waals surface area contributed by atoms with Crippen LogP contribution in [0.5, 0.6) is 11.5 Å². The van der Waals surface area contributed by atoms with Crippen LogP contribution in [0.3, 0.4) is 0 Å². The van der Waals surface area contributed by atoms with Crippen LogP contribution in [0.1, 0.15) is 47.5 Å². The molecule has 3 atom stereocenters. The monoisotopic (exact) mass is 716 g/mol. The van der Waals surface area contributed by atoms with Gasteiger partial charge in [-0.2, -0.15) is 10.2 Å². The van der Waals surface area contributed by atoms with Crippen molar-refractivity contribution >= 4 is 33.4 Å². The van der Waals surface area contributed by atoms with Gasteiger partial charge in [0.25, 0.3) is 0 Å². The predicted molar refractivity (Wildman–Crippen MR) is 208 cm³/mol. The lowest BCUT2D eigenvalue weighted by Gasteiger charge is -2.40. The Morgan fingerprint density at radius 1 is 0.679 bits per heavy atom. The first kappa shape index (κ1) is 34.7. The number of nitrogens with one attached hydrogen (secondary N) is 4. The van der Waals surface area contributed by atoms with Gasteiger partial charge in [0.2, 0.25) is 0 Å². The average Bonchev–Trinajstić information content (AvgIpc) is 3.78. The summed E-state index contributed by atoms with van der Waals surface area (Å²) < 4.78 is 11.9. The van der Waals surface area contributed by atoms with E-state index in [1.54, 1.807) is 12.7 Å². The zero-order chi connectivity index (χ0) is 36.5. The molecule has 6 aromatic rings. The number of hydrogen-bond acceptors (Lipinski definition) is 12. The second-order valence-corrected chi connectivity index (χ2v) is 14.8. The third-order valence-corrected chi connectivity index (χ3v) is 9.83. The van der Waals surface area contributed by atoms with Crippen LogP contribution < -0.4 is 29.9 Å². The number of ether oxygens (including phenoxy) is 2. The van der Waals surface area contributed by atoms with Crippen molar-refractivity contribution in [3.05, 3.63) is 61.2 Å². The Morgan fingerprint density at radius 3 is 1.81 bits per heavy atom. The number of hydrogen-bond donors (Lipinski definition) is 4. The van der Waals surface area contributed by atoms with Gasteiger partial charge in [0.15, 0.2) is 0 Å². The first-order chi connectivity index (χ1) is 25.8. The van der Waals surface area contributed by atoms with Crippen molar-refractivity contribution in [1.82, 2.24) is 51.0 Å². The lowest BCUT2D eigenvalue weighted by molar-refractivity contribution is 0.242. The molecule has 0 aliphatic carbocycles. The summed E-state index contributed by atoms with van der Waals surface area (Å²) in [4.78, 5) is 23.4. The topological polar surface area (TPSA) is 158 Å². The molecule has 14 heteroatoms. The summed E-state index contributed by atoms with van der Waals surface area (Å²) in [6.45, 7) is 14.7. The number of aromatic amines is 2. The number of fused-ring (bicyclic) bond motifs is 2. The highest BCUT2D eigenvalue weighted by molar-refractivity contribution is 5.94. The molecular formula is C39H48N12O2. The Balaban J connectivity index is 0.921. The van der Waals surface area contributed by atoms with Crippen LogP contribution in [0.2, 0.25) is 0 Å².